The van der Waals surface area contributed by atoms with E-state index in [0.29, 0.717) is 24.0 Å². The van der Waals surface area contributed by atoms with Gasteiger partial charge in [-0.2, -0.15) is 0 Å². The second-order valence-corrected chi connectivity index (χ2v) is 9.44. The second kappa shape index (κ2) is 9.09. The van der Waals surface area contributed by atoms with Gasteiger partial charge in [0, 0.05) is 36.8 Å². The quantitative estimate of drug-likeness (QED) is 0.420. The first kappa shape index (κ1) is 20.1. The Bertz CT molecular complexity index is 902. The number of rotatable bonds is 7. The van der Waals surface area contributed by atoms with Gasteiger partial charge < -0.3 is 9.84 Å². The molecule has 2 aromatic heterocycles. The molecule has 1 N–H and O–H groups in total. The molecule has 28 heavy (non-hydrogen) atoms. The van der Waals surface area contributed by atoms with Gasteiger partial charge >= 0.3 is 0 Å². The van der Waals surface area contributed by atoms with Crippen LogP contribution < -0.4 is 5.56 Å². The molecule has 8 heteroatoms. The zero-order chi connectivity index (χ0) is 19.5. The topological polar surface area (TPSA) is 67.6 Å². The van der Waals surface area contributed by atoms with Gasteiger partial charge in [0.05, 0.1) is 24.7 Å². The molecule has 2 aromatic rings. The van der Waals surface area contributed by atoms with Crippen LogP contribution in [-0.2, 0) is 24.1 Å². The van der Waals surface area contributed by atoms with Gasteiger partial charge in [-0.1, -0.05) is 17.8 Å². The second-order valence-electron chi connectivity index (χ2n) is 7.37. The fourth-order valence-corrected chi connectivity index (χ4v) is 6.15. The molecule has 1 saturated heterocycles. The summed E-state index contributed by atoms with van der Waals surface area (Å²) >= 11 is 3.13. The van der Waals surface area contributed by atoms with Crippen LogP contribution in [0.2, 0.25) is 0 Å². The molecular weight excluding hydrogens is 394 g/mol. The van der Waals surface area contributed by atoms with Crippen molar-refractivity contribution >= 4 is 33.3 Å². The van der Waals surface area contributed by atoms with Crippen LogP contribution in [-0.4, -0.2) is 64.3 Å². The summed E-state index contributed by atoms with van der Waals surface area (Å²) in [5.74, 6) is 0.511. The first-order valence-corrected chi connectivity index (χ1v) is 11.7. The van der Waals surface area contributed by atoms with Crippen LogP contribution >= 0.6 is 23.1 Å². The molecule has 0 unspecified atom stereocenters. The standard InChI is InChI=1S/C20H27N3O3S2/c1-2-7-23-19(25)17-15-5-3-4-6-16(15)28-18(17)21-20(23)27-13-14(24)12-22-8-10-26-11-9-22/h2,14,24H,1,3-13H2/t14-/m0/s1. The Hall–Kier alpha value is -1.19. The maximum absolute atomic E-state index is 13.2. The molecule has 1 aliphatic heterocycles. The summed E-state index contributed by atoms with van der Waals surface area (Å²) in [6.45, 7) is 8.02. The molecule has 1 aliphatic carbocycles. The van der Waals surface area contributed by atoms with E-state index in [9.17, 15) is 9.90 Å². The number of thioether (sulfide) groups is 1. The van der Waals surface area contributed by atoms with Gasteiger partial charge in [0.1, 0.15) is 4.83 Å². The molecule has 0 saturated carbocycles. The van der Waals surface area contributed by atoms with Gasteiger partial charge in [-0.25, -0.2) is 4.98 Å². The van der Waals surface area contributed by atoms with Crippen molar-refractivity contribution in [3.8, 4) is 0 Å². The number of β-amino-alcohol motifs (C(OH)–C–C–N with tert-alkyl or cyclic N) is 1. The Morgan fingerprint density at radius 1 is 1.32 bits per heavy atom. The highest BCUT2D eigenvalue weighted by atomic mass is 32.2. The highest BCUT2D eigenvalue weighted by molar-refractivity contribution is 7.99. The number of aliphatic hydroxyl groups excluding tert-OH is 1. The lowest BCUT2D eigenvalue weighted by Crippen LogP contribution is -2.41. The number of allylic oxidation sites excluding steroid dienone is 1. The van der Waals surface area contributed by atoms with Crippen LogP contribution in [0.5, 0.6) is 0 Å². The third kappa shape index (κ3) is 4.21. The number of ether oxygens (including phenoxy) is 1. The van der Waals surface area contributed by atoms with Gasteiger partial charge in [-0.15, -0.1) is 17.9 Å². The molecule has 0 radical (unpaired) electrons. The lowest BCUT2D eigenvalue weighted by atomic mass is 9.97. The monoisotopic (exact) mass is 421 g/mol. The third-order valence-corrected chi connectivity index (χ3v) is 7.64. The van der Waals surface area contributed by atoms with E-state index in [1.807, 2.05) is 0 Å². The lowest BCUT2D eigenvalue weighted by molar-refractivity contribution is 0.0188. The molecule has 0 aromatic carbocycles. The normalized spacial score (nSPS) is 18.9. The molecule has 1 fully saturated rings. The van der Waals surface area contributed by atoms with Crippen molar-refractivity contribution in [3.63, 3.8) is 0 Å². The molecule has 3 heterocycles. The van der Waals surface area contributed by atoms with Crippen molar-refractivity contribution in [2.75, 3.05) is 38.6 Å². The molecule has 4 rings (SSSR count). The largest absolute Gasteiger partial charge is 0.391 e. The molecule has 0 bridgehead atoms. The predicted octanol–water partition coefficient (Wildman–Crippen LogP) is 2.31. The molecular formula is C20H27N3O3S2. The van der Waals surface area contributed by atoms with E-state index in [-0.39, 0.29) is 5.56 Å². The Morgan fingerprint density at radius 2 is 2.11 bits per heavy atom. The number of hydrogen-bond donors (Lipinski definition) is 1. The number of nitrogens with zero attached hydrogens (tertiary/aromatic N) is 3. The van der Waals surface area contributed by atoms with Crippen LogP contribution in [0.4, 0.5) is 0 Å². The molecule has 1 atom stereocenters. The summed E-state index contributed by atoms with van der Waals surface area (Å²) in [5.41, 5.74) is 1.25. The SMILES string of the molecule is C=CCn1c(SC[C@@H](O)CN2CCOCC2)nc2sc3c(c2c1=O)CCCC3. The number of hydrogen-bond acceptors (Lipinski definition) is 7. The average Bonchev–Trinajstić information content (AvgIpc) is 3.08. The van der Waals surface area contributed by atoms with Crippen molar-refractivity contribution < 1.29 is 9.84 Å². The first-order valence-electron chi connectivity index (χ1n) is 9.94. The molecule has 0 amide bonds. The van der Waals surface area contributed by atoms with Gasteiger partial charge in [0.15, 0.2) is 5.16 Å². The van der Waals surface area contributed by atoms with E-state index in [4.69, 9.17) is 9.72 Å². The van der Waals surface area contributed by atoms with E-state index >= 15 is 0 Å². The van der Waals surface area contributed by atoms with Gasteiger partial charge in [0.25, 0.3) is 5.56 Å². The van der Waals surface area contributed by atoms with Crippen molar-refractivity contribution in [1.82, 2.24) is 14.5 Å². The van der Waals surface area contributed by atoms with Gasteiger partial charge in [-0.3, -0.25) is 14.3 Å². The van der Waals surface area contributed by atoms with E-state index in [2.05, 4.69) is 11.5 Å². The number of aryl methyl sites for hydroxylation is 2. The van der Waals surface area contributed by atoms with Gasteiger partial charge in [0.2, 0.25) is 0 Å². The number of thiophene rings is 1. The Balaban J connectivity index is 1.56. The summed E-state index contributed by atoms with van der Waals surface area (Å²) < 4.78 is 7.07. The number of aromatic nitrogens is 2. The predicted molar refractivity (Wildman–Crippen MR) is 115 cm³/mol. The summed E-state index contributed by atoms with van der Waals surface area (Å²) in [6.07, 6.45) is 5.63. The zero-order valence-electron chi connectivity index (χ0n) is 16.1. The fraction of sp³-hybridized carbons (Fsp3) is 0.600. The first-order chi connectivity index (χ1) is 13.7. The minimum Gasteiger partial charge on any atom is -0.391 e. The fourth-order valence-electron chi connectivity index (χ4n) is 3.93. The number of fused-ring (bicyclic) bond motifs is 3. The number of morpholine rings is 1. The van der Waals surface area contributed by atoms with Crippen LogP contribution in [0.15, 0.2) is 22.6 Å². The van der Waals surface area contributed by atoms with Crippen molar-refractivity contribution in [2.45, 2.75) is 43.5 Å². The number of aliphatic hydroxyl groups is 1. The highest BCUT2D eigenvalue weighted by Crippen LogP contribution is 2.34. The van der Waals surface area contributed by atoms with E-state index < -0.39 is 6.10 Å². The zero-order valence-corrected chi connectivity index (χ0v) is 17.7. The lowest BCUT2D eigenvalue weighted by Gasteiger charge is -2.28. The van der Waals surface area contributed by atoms with Crippen molar-refractivity contribution in [2.24, 2.45) is 0 Å². The maximum Gasteiger partial charge on any atom is 0.263 e. The summed E-state index contributed by atoms with van der Waals surface area (Å²) in [5, 5.41) is 11.9. The Labute approximate surface area is 173 Å². The van der Waals surface area contributed by atoms with E-state index in [0.717, 1.165) is 55.8 Å². The maximum atomic E-state index is 13.2. The Kier molecular flexibility index (Phi) is 6.52. The van der Waals surface area contributed by atoms with E-state index in [1.54, 1.807) is 22.0 Å². The summed E-state index contributed by atoms with van der Waals surface area (Å²) in [4.78, 5) is 22.4. The van der Waals surface area contributed by atoms with Crippen LogP contribution in [0.1, 0.15) is 23.3 Å². The van der Waals surface area contributed by atoms with Crippen LogP contribution in [0.3, 0.4) is 0 Å². The summed E-state index contributed by atoms with van der Waals surface area (Å²) in [7, 11) is 0. The molecule has 152 valence electrons. The molecule has 0 spiro atoms. The van der Waals surface area contributed by atoms with E-state index in [1.165, 1.54) is 28.6 Å². The highest BCUT2D eigenvalue weighted by Gasteiger charge is 2.22. The van der Waals surface area contributed by atoms with Crippen LogP contribution in [0.25, 0.3) is 10.2 Å². The van der Waals surface area contributed by atoms with Crippen molar-refractivity contribution in [1.29, 1.82) is 0 Å². The minimum atomic E-state index is -0.468. The van der Waals surface area contributed by atoms with Gasteiger partial charge in [-0.05, 0) is 31.2 Å². The van der Waals surface area contributed by atoms with Crippen LogP contribution in [0, 0.1) is 0 Å². The smallest absolute Gasteiger partial charge is 0.263 e. The molecule has 2 aliphatic rings. The summed E-state index contributed by atoms with van der Waals surface area (Å²) in [6, 6.07) is 0. The molecule has 6 nitrogen and oxygen atoms in total. The van der Waals surface area contributed by atoms with Crippen molar-refractivity contribution in [3.05, 3.63) is 33.4 Å². The minimum absolute atomic E-state index is 0.0365. The Morgan fingerprint density at radius 3 is 2.89 bits per heavy atom. The average molecular weight is 422 g/mol. The third-order valence-electron chi connectivity index (χ3n) is 5.33.